The van der Waals surface area contributed by atoms with Crippen LogP contribution < -0.4 is 15.5 Å². The summed E-state index contributed by atoms with van der Waals surface area (Å²) in [5, 5.41) is 6.94. The van der Waals surface area contributed by atoms with Gasteiger partial charge >= 0.3 is 6.18 Å². The number of rotatable bonds is 5. The van der Waals surface area contributed by atoms with E-state index < -0.39 is 11.9 Å². The van der Waals surface area contributed by atoms with Gasteiger partial charge in [-0.15, -0.1) is 0 Å². The van der Waals surface area contributed by atoms with E-state index in [4.69, 9.17) is 23.8 Å². The van der Waals surface area contributed by atoms with Crippen LogP contribution in [0.15, 0.2) is 30.3 Å². The number of piperidine rings is 1. The molecule has 1 aliphatic carbocycles. The summed E-state index contributed by atoms with van der Waals surface area (Å²) in [6, 6.07) is 8.91. The van der Waals surface area contributed by atoms with Crippen molar-refractivity contribution in [1.82, 2.24) is 15.3 Å². The highest BCUT2D eigenvalue weighted by Crippen LogP contribution is 2.39. The second kappa shape index (κ2) is 10.9. The van der Waals surface area contributed by atoms with Gasteiger partial charge in [-0.05, 0) is 61.5 Å². The molecule has 2 aliphatic rings. The molecule has 2 N–H and O–H groups in total. The highest BCUT2D eigenvalue weighted by Gasteiger charge is 2.36. The van der Waals surface area contributed by atoms with Gasteiger partial charge in [0.1, 0.15) is 5.82 Å². The van der Waals surface area contributed by atoms with Crippen molar-refractivity contribution in [2.24, 2.45) is 5.92 Å². The summed E-state index contributed by atoms with van der Waals surface area (Å²) in [6.45, 7) is 4.00. The average Bonchev–Trinajstić information content (AvgIpc) is 2.83. The van der Waals surface area contributed by atoms with E-state index in [-0.39, 0.29) is 22.3 Å². The Labute approximate surface area is 214 Å². The van der Waals surface area contributed by atoms with Crippen LogP contribution >= 0.6 is 23.8 Å². The molecule has 1 atom stereocenters. The van der Waals surface area contributed by atoms with Gasteiger partial charge in [0.05, 0.1) is 0 Å². The first kappa shape index (κ1) is 25.9. The fourth-order valence-electron chi connectivity index (χ4n) is 5.19. The Morgan fingerprint density at radius 2 is 1.86 bits per heavy atom. The molecule has 0 bridgehead atoms. The number of hydrogen-bond donors (Lipinski definition) is 2. The van der Waals surface area contributed by atoms with Crippen molar-refractivity contribution >= 4 is 40.7 Å². The Morgan fingerprint density at radius 1 is 1.14 bits per heavy atom. The van der Waals surface area contributed by atoms with E-state index in [9.17, 15) is 13.2 Å². The molecule has 4 rings (SSSR count). The summed E-state index contributed by atoms with van der Waals surface area (Å²) in [5.74, 6) is 0.524. The Kier molecular flexibility index (Phi) is 8.06. The first-order chi connectivity index (χ1) is 16.6. The molecule has 1 aliphatic heterocycles. The highest BCUT2D eigenvalue weighted by molar-refractivity contribution is 7.80. The highest BCUT2D eigenvalue weighted by atomic mass is 35.5. The van der Waals surface area contributed by atoms with Crippen molar-refractivity contribution in [3.63, 3.8) is 0 Å². The van der Waals surface area contributed by atoms with Crippen LogP contribution in [-0.4, -0.2) is 34.7 Å². The maximum absolute atomic E-state index is 13.6. The zero-order chi connectivity index (χ0) is 25.1. The SMILES string of the molecule is C[C@@H]1CCCN(c2cc(C(F)(F)F)nc(NC(=S)NCC3(c4ccc(Cl)cc4)CCCCC3)n2)C1. The lowest BCUT2D eigenvalue weighted by Gasteiger charge is -2.38. The minimum atomic E-state index is -4.58. The standard InChI is InChI=1S/C25H31ClF3N5S/c1-17-6-5-13-34(15-17)21-14-20(25(27,28)29)31-22(32-21)33-23(35)30-16-24(11-3-2-4-12-24)18-7-9-19(26)10-8-18/h7-10,14,17H,2-6,11-13,15-16H2,1H3,(H2,30,31,32,33,35)/t17-/m1/s1. The van der Waals surface area contributed by atoms with Gasteiger partial charge in [0, 0.05) is 36.1 Å². The Balaban J connectivity index is 1.50. The van der Waals surface area contributed by atoms with Crippen molar-refractivity contribution in [2.75, 3.05) is 29.9 Å². The molecule has 0 spiro atoms. The summed E-state index contributed by atoms with van der Waals surface area (Å²) in [6.07, 6.45) is 2.81. The van der Waals surface area contributed by atoms with Gasteiger partial charge in [0.25, 0.3) is 0 Å². The molecular formula is C25H31ClF3N5S. The molecule has 0 radical (unpaired) electrons. The average molecular weight is 526 g/mol. The van der Waals surface area contributed by atoms with Gasteiger partial charge in [-0.2, -0.15) is 18.2 Å². The summed E-state index contributed by atoms with van der Waals surface area (Å²) in [7, 11) is 0. The van der Waals surface area contributed by atoms with Gasteiger partial charge in [-0.25, -0.2) is 4.98 Å². The molecule has 0 unspecified atom stereocenters. The number of nitrogens with zero attached hydrogens (tertiary/aromatic N) is 3. The maximum Gasteiger partial charge on any atom is 0.433 e. The normalized spacial score (nSPS) is 20.4. The number of hydrogen-bond acceptors (Lipinski definition) is 4. The van der Waals surface area contributed by atoms with Gasteiger partial charge in [-0.3, -0.25) is 0 Å². The van der Waals surface area contributed by atoms with E-state index in [0.29, 0.717) is 30.6 Å². The predicted molar refractivity (Wildman–Crippen MR) is 138 cm³/mol. The zero-order valence-corrected chi connectivity index (χ0v) is 21.4. The van der Waals surface area contributed by atoms with Crippen LogP contribution in [0.1, 0.15) is 63.1 Å². The number of aromatic nitrogens is 2. The Morgan fingerprint density at radius 3 is 2.51 bits per heavy atom. The van der Waals surface area contributed by atoms with E-state index >= 15 is 0 Å². The van der Waals surface area contributed by atoms with E-state index in [2.05, 4.69) is 27.5 Å². The number of nitrogens with one attached hydrogen (secondary N) is 2. The molecule has 10 heteroatoms. The lowest BCUT2D eigenvalue weighted by atomic mass is 9.69. The maximum atomic E-state index is 13.6. The van der Waals surface area contributed by atoms with E-state index in [0.717, 1.165) is 44.6 Å². The summed E-state index contributed by atoms with van der Waals surface area (Å²) >= 11 is 11.6. The van der Waals surface area contributed by atoms with Crippen LogP contribution in [0.3, 0.4) is 0 Å². The summed E-state index contributed by atoms with van der Waals surface area (Å²) in [4.78, 5) is 10.0. The molecule has 1 aromatic heterocycles. The van der Waals surface area contributed by atoms with E-state index in [1.54, 1.807) is 0 Å². The number of halogens is 4. The van der Waals surface area contributed by atoms with E-state index in [1.165, 1.54) is 12.0 Å². The Hall–Kier alpha value is -2.13. The molecule has 35 heavy (non-hydrogen) atoms. The fraction of sp³-hybridized carbons (Fsp3) is 0.560. The minimum Gasteiger partial charge on any atom is -0.361 e. The molecule has 1 saturated heterocycles. The number of alkyl halides is 3. The third-order valence-corrected chi connectivity index (χ3v) is 7.56. The van der Waals surface area contributed by atoms with Crippen molar-refractivity contribution in [3.8, 4) is 0 Å². The van der Waals surface area contributed by atoms with Crippen LogP contribution in [0, 0.1) is 5.92 Å². The quantitative estimate of drug-likeness (QED) is 0.430. The van der Waals surface area contributed by atoms with Crippen LogP contribution in [-0.2, 0) is 11.6 Å². The second-order valence-electron chi connectivity index (χ2n) is 9.78. The summed E-state index contributed by atoms with van der Waals surface area (Å²) in [5.41, 5.74) is 0.0999. The van der Waals surface area contributed by atoms with Crippen molar-refractivity contribution in [3.05, 3.63) is 46.6 Å². The van der Waals surface area contributed by atoms with Crippen LogP contribution in [0.25, 0.3) is 0 Å². The summed E-state index contributed by atoms with van der Waals surface area (Å²) < 4.78 is 40.8. The predicted octanol–water partition coefficient (Wildman–Crippen LogP) is 6.57. The second-order valence-corrected chi connectivity index (χ2v) is 10.6. The first-order valence-corrected chi connectivity index (χ1v) is 13.0. The van der Waals surface area contributed by atoms with Crippen LogP contribution in [0.2, 0.25) is 5.02 Å². The number of thiocarbonyl (C=S) groups is 1. The molecule has 0 amide bonds. The zero-order valence-electron chi connectivity index (χ0n) is 19.8. The van der Waals surface area contributed by atoms with Crippen molar-refractivity contribution in [2.45, 2.75) is 63.5 Å². The molecule has 2 heterocycles. The van der Waals surface area contributed by atoms with Gasteiger partial charge in [0.2, 0.25) is 5.95 Å². The van der Waals surface area contributed by atoms with Gasteiger partial charge < -0.3 is 15.5 Å². The third-order valence-electron chi connectivity index (χ3n) is 7.06. The molecule has 5 nitrogen and oxygen atoms in total. The molecular weight excluding hydrogens is 495 g/mol. The van der Waals surface area contributed by atoms with Crippen LogP contribution in [0.4, 0.5) is 24.9 Å². The molecule has 190 valence electrons. The number of benzene rings is 1. The largest absolute Gasteiger partial charge is 0.433 e. The Bertz CT molecular complexity index is 1020. The van der Waals surface area contributed by atoms with Crippen LogP contribution in [0.5, 0.6) is 0 Å². The molecule has 2 fully saturated rings. The number of anilines is 2. The molecule has 1 saturated carbocycles. The lowest BCUT2D eigenvalue weighted by Crippen LogP contribution is -2.43. The lowest BCUT2D eigenvalue weighted by molar-refractivity contribution is -0.141. The molecule has 2 aromatic rings. The van der Waals surface area contributed by atoms with E-state index in [1.807, 2.05) is 29.2 Å². The minimum absolute atomic E-state index is 0.113. The van der Waals surface area contributed by atoms with Gasteiger partial charge in [-0.1, -0.05) is 49.9 Å². The smallest absolute Gasteiger partial charge is 0.361 e. The molecule has 1 aromatic carbocycles. The fourth-order valence-corrected chi connectivity index (χ4v) is 5.48. The van der Waals surface area contributed by atoms with Crippen molar-refractivity contribution in [1.29, 1.82) is 0 Å². The first-order valence-electron chi connectivity index (χ1n) is 12.2. The van der Waals surface area contributed by atoms with Crippen molar-refractivity contribution < 1.29 is 13.2 Å². The topological polar surface area (TPSA) is 53.1 Å². The third kappa shape index (κ3) is 6.55. The van der Waals surface area contributed by atoms with Gasteiger partial charge in [0.15, 0.2) is 10.8 Å². The monoisotopic (exact) mass is 525 g/mol.